The average molecular weight is 344 g/mol. The van der Waals surface area contributed by atoms with Gasteiger partial charge in [-0.2, -0.15) is 18.3 Å². The van der Waals surface area contributed by atoms with Crippen LogP contribution < -0.4 is 0 Å². The normalized spacial score (nSPS) is 11.8. The minimum absolute atomic E-state index is 0.311. The molecule has 0 aliphatic heterocycles. The van der Waals surface area contributed by atoms with E-state index in [1.165, 1.54) is 0 Å². The van der Waals surface area contributed by atoms with Crippen molar-refractivity contribution in [3.8, 4) is 16.8 Å². The highest BCUT2D eigenvalue weighted by Crippen LogP contribution is 2.29. The zero-order valence-corrected chi connectivity index (χ0v) is 14.4. The summed E-state index contributed by atoms with van der Waals surface area (Å²) >= 11 is 0. The smallest absolute Gasteiger partial charge is 0.240 e. The van der Waals surface area contributed by atoms with Crippen LogP contribution in [0.3, 0.4) is 0 Å². The summed E-state index contributed by atoms with van der Waals surface area (Å²) in [5.41, 5.74) is 5.78. The minimum Gasteiger partial charge on any atom is -0.240 e. The number of hydrogen-bond acceptors (Lipinski definition) is 1. The molecule has 130 valence electrons. The van der Waals surface area contributed by atoms with Crippen LogP contribution in [0, 0.1) is 20.8 Å². The van der Waals surface area contributed by atoms with Crippen LogP contribution >= 0.6 is 0 Å². The van der Waals surface area contributed by atoms with Crippen LogP contribution in [0.4, 0.5) is 13.2 Å². The van der Waals surface area contributed by atoms with Gasteiger partial charge in [-0.1, -0.05) is 30.3 Å². The second-order valence-corrected chi connectivity index (χ2v) is 6.34. The van der Waals surface area contributed by atoms with Crippen molar-refractivity contribution in [3.05, 3.63) is 71.0 Å². The highest BCUT2D eigenvalue weighted by Gasteiger charge is 2.28. The van der Waals surface area contributed by atoms with Crippen LogP contribution in [-0.4, -0.2) is 16.0 Å². The van der Waals surface area contributed by atoms with E-state index in [4.69, 9.17) is 0 Å². The molecule has 3 rings (SSSR count). The van der Waals surface area contributed by atoms with E-state index in [2.05, 4.69) is 5.10 Å². The molecule has 0 amide bonds. The van der Waals surface area contributed by atoms with Crippen LogP contribution in [0.5, 0.6) is 0 Å². The summed E-state index contributed by atoms with van der Waals surface area (Å²) < 4.78 is 39.7. The lowest BCUT2D eigenvalue weighted by Crippen LogP contribution is -2.12. The van der Waals surface area contributed by atoms with Gasteiger partial charge in [-0.05, 0) is 60.7 Å². The molecular weight excluding hydrogens is 325 g/mol. The molecule has 1 heterocycles. The zero-order chi connectivity index (χ0) is 18.2. The Balaban J connectivity index is 1.98. The lowest BCUT2D eigenvalue weighted by atomic mass is 9.97. The lowest BCUT2D eigenvalue weighted by molar-refractivity contribution is -0.127. The summed E-state index contributed by atoms with van der Waals surface area (Å²) in [7, 11) is 0. The highest BCUT2D eigenvalue weighted by atomic mass is 19.4. The van der Waals surface area contributed by atoms with E-state index in [-0.39, 0.29) is 0 Å². The fraction of sp³-hybridized carbons (Fsp3) is 0.250. The summed E-state index contributed by atoms with van der Waals surface area (Å²) in [4.78, 5) is 0. The molecule has 2 aromatic carbocycles. The Morgan fingerprint density at radius 2 is 1.56 bits per heavy atom. The van der Waals surface area contributed by atoms with Crippen molar-refractivity contribution >= 4 is 0 Å². The first-order valence-electron chi connectivity index (χ1n) is 8.03. The molecule has 0 N–H and O–H groups in total. The van der Waals surface area contributed by atoms with Gasteiger partial charge in [-0.25, -0.2) is 4.68 Å². The first-order chi connectivity index (χ1) is 11.7. The molecule has 0 fully saturated rings. The van der Waals surface area contributed by atoms with E-state index in [1.807, 2.05) is 55.1 Å². The number of aromatic nitrogens is 2. The maximum absolute atomic E-state index is 12.6. The van der Waals surface area contributed by atoms with Gasteiger partial charge < -0.3 is 0 Å². The molecule has 2 nitrogen and oxygen atoms in total. The topological polar surface area (TPSA) is 17.8 Å². The second-order valence-electron chi connectivity index (χ2n) is 6.34. The Kier molecular flexibility index (Phi) is 4.41. The van der Waals surface area contributed by atoms with Crippen LogP contribution in [0.25, 0.3) is 16.8 Å². The van der Waals surface area contributed by atoms with Gasteiger partial charge in [-0.15, -0.1) is 0 Å². The van der Waals surface area contributed by atoms with E-state index in [0.29, 0.717) is 11.1 Å². The number of nitrogens with zero attached hydrogens (tertiary/aromatic N) is 2. The fourth-order valence-electron chi connectivity index (χ4n) is 2.87. The van der Waals surface area contributed by atoms with Crippen molar-refractivity contribution in [2.45, 2.75) is 33.4 Å². The van der Waals surface area contributed by atoms with Crippen LogP contribution in [0.2, 0.25) is 0 Å². The molecule has 0 saturated carbocycles. The number of hydrogen-bond donors (Lipinski definition) is 0. The van der Waals surface area contributed by atoms with E-state index in [9.17, 15) is 13.2 Å². The summed E-state index contributed by atoms with van der Waals surface area (Å²) in [6, 6.07) is 13.0. The number of rotatable bonds is 3. The van der Waals surface area contributed by atoms with E-state index in [0.717, 1.165) is 28.1 Å². The van der Waals surface area contributed by atoms with Crippen molar-refractivity contribution < 1.29 is 13.2 Å². The molecule has 1 aromatic heterocycles. The van der Waals surface area contributed by atoms with Gasteiger partial charge >= 0.3 is 6.18 Å². The third kappa shape index (κ3) is 3.92. The summed E-state index contributed by atoms with van der Waals surface area (Å²) in [5, 5.41) is 4.44. The SMILES string of the molecule is Cc1ccn(-c2cc(-c3ccc(CC(F)(F)F)c(C)c3)ccc2C)n1. The predicted molar refractivity (Wildman–Crippen MR) is 93.0 cm³/mol. The molecule has 0 radical (unpaired) electrons. The van der Waals surface area contributed by atoms with Gasteiger partial charge in [0.15, 0.2) is 0 Å². The highest BCUT2D eigenvalue weighted by molar-refractivity contribution is 5.68. The van der Waals surface area contributed by atoms with Crippen LogP contribution in [0.15, 0.2) is 48.7 Å². The molecule has 0 aliphatic carbocycles. The third-order valence-electron chi connectivity index (χ3n) is 4.25. The number of aryl methyl sites for hydroxylation is 3. The molecule has 0 spiro atoms. The maximum Gasteiger partial charge on any atom is 0.393 e. The Morgan fingerprint density at radius 3 is 2.16 bits per heavy atom. The standard InChI is InChI=1S/C20H19F3N2/c1-13-4-5-17(11-19(13)25-9-8-15(3)24-25)16-6-7-18(14(2)10-16)12-20(21,22)23/h4-11H,12H2,1-3H3. The van der Waals surface area contributed by atoms with E-state index >= 15 is 0 Å². The Morgan fingerprint density at radius 1 is 0.880 bits per heavy atom. The van der Waals surface area contributed by atoms with Gasteiger partial charge in [-0.3, -0.25) is 0 Å². The van der Waals surface area contributed by atoms with Gasteiger partial charge in [0.1, 0.15) is 0 Å². The zero-order valence-electron chi connectivity index (χ0n) is 14.4. The van der Waals surface area contributed by atoms with Gasteiger partial charge in [0.2, 0.25) is 0 Å². The van der Waals surface area contributed by atoms with Gasteiger partial charge in [0, 0.05) is 6.20 Å². The van der Waals surface area contributed by atoms with Crippen molar-refractivity contribution in [1.82, 2.24) is 9.78 Å². The molecule has 3 aromatic rings. The minimum atomic E-state index is -4.19. The second kappa shape index (κ2) is 6.39. The van der Waals surface area contributed by atoms with Crippen molar-refractivity contribution in [2.24, 2.45) is 0 Å². The van der Waals surface area contributed by atoms with Crippen molar-refractivity contribution in [3.63, 3.8) is 0 Å². The number of halogens is 3. The third-order valence-corrected chi connectivity index (χ3v) is 4.25. The molecule has 0 unspecified atom stereocenters. The predicted octanol–water partition coefficient (Wildman–Crippen LogP) is 5.57. The fourth-order valence-corrected chi connectivity index (χ4v) is 2.87. The molecule has 5 heteroatoms. The molecule has 0 saturated heterocycles. The average Bonchev–Trinajstić information content (AvgIpc) is 2.95. The van der Waals surface area contributed by atoms with Crippen LogP contribution in [0.1, 0.15) is 22.4 Å². The van der Waals surface area contributed by atoms with E-state index in [1.54, 1.807) is 19.1 Å². The number of alkyl halides is 3. The first kappa shape index (κ1) is 17.3. The quantitative estimate of drug-likeness (QED) is 0.607. The lowest BCUT2D eigenvalue weighted by Gasteiger charge is -2.13. The summed E-state index contributed by atoms with van der Waals surface area (Å²) in [6.07, 6.45) is -3.19. The molecular formula is C20H19F3N2. The largest absolute Gasteiger partial charge is 0.393 e. The van der Waals surface area contributed by atoms with E-state index < -0.39 is 12.6 Å². The molecule has 0 aliphatic rings. The molecule has 0 atom stereocenters. The van der Waals surface area contributed by atoms with Gasteiger partial charge in [0.05, 0.1) is 17.8 Å². The summed E-state index contributed by atoms with van der Waals surface area (Å²) in [5.74, 6) is 0. The molecule has 0 bridgehead atoms. The Hall–Kier alpha value is -2.56. The number of benzene rings is 2. The van der Waals surface area contributed by atoms with Crippen molar-refractivity contribution in [2.75, 3.05) is 0 Å². The molecule has 25 heavy (non-hydrogen) atoms. The Labute approximate surface area is 144 Å². The maximum atomic E-state index is 12.6. The first-order valence-corrected chi connectivity index (χ1v) is 8.03. The monoisotopic (exact) mass is 344 g/mol. The van der Waals surface area contributed by atoms with Crippen LogP contribution in [-0.2, 0) is 6.42 Å². The van der Waals surface area contributed by atoms with Crippen molar-refractivity contribution in [1.29, 1.82) is 0 Å². The van der Waals surface area contributed by atoms with Gasteiger partial charge in [0.25, 0.3) is 0 Å². The summed E-state index contributed by atoms with van der Waals surface area (Å²) in [6.45, 7) is 5.66. The Bertz CT molecular complexity index is 908.